The topological polar surface area (TPSA) is 36.7 Å². The number of benzene rings is 1. The van der Waals surface area contributed by atoms with E-state index in [1.807, 2.05) is 10.7 Å². The molecular weight excluding hydrogens is 322 g/mol. The van der Waals surface area contributed by atoms with E-state index in [4.69, 9.17) is 0 Å². The van der Waals surface area contributed by atoms with Gasteiger partial charge in [-0.15, -0.1) is 0 Å². The number of fused-ring (bicyclic) bond motifs is 2. The number of pyridine rings is 1. The zero-order chi connectivity index (χ0) is 17.3. The van der Waals surface area contributed by atoms with Crippen molar-refractivity contribution in [2.24, 2.45) is 0 Å². The van der Waals surface area contributed by atoms with Gasteiger partial charge in [0.1, 0.15) is 6.33 Å². The van der Waals surface area contributed by atoms with Crippen LogP contribution in [0.15, 0.2) is 48.9 Å². The van der Waals surface area contributed by atoms with Crippen molar-refractivity contribution in [1.82, 2.24) is 24.4 Å². The highest BCUT2D eigenvalue weighted by Gasteiger charge is 2.27. The predicted octanol–water partition coefficient (Wildman–Crippen LogP) is 2.40. The number of nitrogens with zero attached hydrogens (tertiary/aromatic N) is 5. The maximum atomic E-state index is 4.30. The van der Waals surface area contributed by atoms with Crippen LogP contribution in [0.1, 0.15) is 23.1 Å². The molecule has 0 atom stereocenters. The van der Waals surface area contributed by atoms with Crippen molar-refractivity contribution in [1.29, 1.82) is 0 Å². The van der Waals surface area contributed by atoms with Gasteiger partial charge in [-0.05, 0) is 61.2 Å². The summed E-state index contributed by atoms with van der Waals surface area (Å²) in [7, 11) is 0. The predicted molar refractivity (Wildman–Crippen MR) is 102 cm³/mol. The summed E-state index contributed by atoms with van der Waals surface area (Å²) in [5, 5.41) is 4.18. The Morgan fingerprint density at radius 3 is 2.65 bits per heavy atom. The Kier molecular flexibility index (Phi) is 4.19. The lowest BCUT2D eigenvalue weighted by Crippen LogP contribution is -2.38. The van der Waals surface area contributed by atoms with Gasteiger partial charge in [0.25, 0.3) is 0 Å². The first-order chi connectivity index (χ1) is 12.8. The van der Waals surface area contributed by atoms with E-state index in [0.29, 0.717) is 6.04 Å². The molecule has 0 bridgehead atoms. The third kappa shape index (κ3) is 3.13. The van der Waals surface area contributed by atoms with Gasteiger partial charge in [0.15, 0.2) is 5.65 Å². The first-order valence-electron chi connectivity index (χ1n) is 9.67. The van der Waals surface area contributed by atoms with Crippen molar-refractivity contribution in [3.8, 4) is 0 Å². The Hall–Kier alpha value is -2.24. The molecule has 5 rings (SSSR count). The summed E-state index contributed by atoms with van der Waals surface area (Å²) in [5.41, 5.74) is 5.37. The van der Waals surface area contributed by atoms with Gasteiger partial charge in [0.2, 0.25) is 0 Å². The molecule has 5 heteroatoms. The Balaban J connectivity index is 1.22. The van der Waals surface area contributed by atoms with E-state index in [1.54, 1.807) is 17.5 Å². The fourth-order valence-electron chi connectivity index (χ4n) is 4.52. The Morgan fingerprint density at radius 1 is 0.962 bits per heavy atom. The molecule has 3 heterocycles. The van der Waals surface area contributed by atoms with Gasteiger partial charge < -0.3 is 0 Å². The lowest BCUT2D eigenvalue weighted by Gasteiger charge is -2.27. The van der Waals surface area contributed by atoms with Crippen LogP contribution in [0, 0.1) is 0 Å². The Labute approximate surface area is 154 Å². The van der Waals surface area contributed by atoms with Crippen LogP contribution in [0.25, 0.3) is 5.65 Å². The van der Waals surface area contributed by atoms with Gasteiger partial charge in [-0.3, -0.25) is 9.80 Å². The number of hydrogen-bond donors (Lipinski definition) is 0. The summed E-state index contributed by atoms with van der Waals surface area (Å²) >= 11 is 0. The van der Waals surface area contributed by atoms with Gasteiger partial charge >= 0.3 is 0 Å². The highest BCUT2D eigenvalue weighted by Crippen LogP contribution is 2.26. The fourth-order valence-corrected chi connectivity index (χ4v) is 4.52. The van der Waals surface area contributed by atoms with E-state index in [0.717, 1.165) is 18.7 Å². The molecule has 5 nitrogen and oxygen atoms in total. The van der Waals surface area contributed by atoms with E-state index in [1.165, 1.54) is 44.5 Å². The Bertz CT molecular complexity index is 877. The van der Waals surface area contributed by atoms with Crippen molar-refractivity contribution in [2.75, 3.05) is 26.2 Å². The molecule has 1 fully saturated rings. The summed E-state index contributed by atoms with van der Waals surface area (Å²) in [4.78, 5) is 9.61. The molecule has 134 valence electrons. The third-order valence-corrected chi connectivity index (χ3v) is 5.92. The molecule has 0 unspecified atom stereocenters. The van der Waals surface area contributed by atoms with Gasteiger partial charge in [0, 0.05) is 31.9 Å². The van der Waals surface area contributed by atoms with E-state index in [9.17, 15) is 0 Å². The van der Waals surface area contributed by atoms with Gasteiger partial charge in [-0.2, -0.15) is 5.10 Å². The highest BCUT2D eigenvalue weighted by molar-refractivity contribution is 5.39. The second kappa shape index (κ2) is 6.82. The molecule has 0 N–H and O–H groups in total. The van der Waals surface area contributed by atoms with Crippen LogP contribution in [-0.2, 0) is 19.4 Å². The number of aromatic nitrogens is 3. The molecule has 2 aromatic heterocycles. The van der Waals surface area contributed by atoms with Crippen LogP contribution in [0.4, 0.5) is 0 Å². The van der Waals surface area contributed by atoms with E-state index < -0.39 is 0 Å². The molecule has 1 aromatic carbocycles. The summed E-state index contributed by atoms with van der Waals surface area (Å²) in [5.74, 6) is 0. The minimum Gasteiger partial charge on any atom is -0.298 e. The van der Waals surface area contributed by atoms with Crippen LogP contribution in [0.3, 0.4) is 0 Å². The van der Waals surface area contributed by atoms with Crippen LogP contribution >= 0.6 is 0 Å². The minimum absolute atomic E-state index is 0.694. The summed E-state index contributed by atoms with van der Waals surface area (Å²) in [6.45, 7) is 5.71. The zero-order valence-electron chi connectivity index (χ0n) is 15.1. The third-order valence-electron chi connectivity index (χ3n) is 5.92. The lowest BCUT2D eigenvalue weighted by atomic mass is 10.1. The van der Waals surface area contributed by atoms with E-state index >= 15 is 0 Å². The maximum absolute atomic E-state index is 4.30. The first-order valence-corrected chi connectivity index (χ1v) is 9.67. The molecule has 1 aliphatic carbocycles. The second-order valence-corrected chi connectivity index (χ2v) is 7.59. The van der Waals surface area contributed by atoms with Crippen molar-refractivity contribution in [2.45, 2.75) is 31.8 Å². The summed E-state index contributed by atoms with van der Waals surface area (Å²) in [6.07, 6.45) is 7.32. The van der Waals surface area contributed by atoms with Gasteiger partial charge in [-0.25, -0.2) is 9.50 Å². The maximum Gasteiger partial charge on any atom is 0.155 e. The largest absolute Gasteiger partial charge is 0.298 e. The zero-order valence-corrected chi connectivity index (χ0v) is 15.1. The molecule has 0 radical (unpaired) electrons. The average Bonchev–Trinajstić information content (AvgIpc) is 3.24. The summed E-state index contributed by atoms with van der Waals surface area (Å²) in [6, 6.07) is 14.0. The van der Waals surface area contributed by atoms with E-state index in [-0.39, 0.29) is 0 Å². The molecule has 0 amide bonds. The molecule has 1 aliphatic heterocycles. The van der Waals surface area contributed by atoms with Crippen LogP contribution in [0.2, 0.25) is 0 Å². The molecule has 2 aliphatic rings. The lowest BCUT2D eigenvalue weighted by molar-refractivity contribution is 0.201. The molecule has 0 saturated carbocycles. The van der Waals surface area contributed by atoms with Crippen molar-refractivity contribution >= 4 is 5.65 Å². The smallest absolute Gasteiger partial charge is 0.155 e. The standard InChI is InChI=1S/C21H25N5/c1-2-5-19-14-20(13-18(19)4-1)25-8-3-7-24(10-11-25)15-17-6-9-26-21(12-17)22-16-23-26/h1-2,4-6,9,12,16,20H,3,7-8,10-11,13-15H2. The second-order valence-electron chi connectivity index (χ2n) is 7.59. The summed E-state index contributed by atoms with van der Waals surface area (Å²) < 4.78 is 1.82. The number of hydrogen-bond acceptors (Lipinski definition) is 4. The van der Waals surface area contributed by atoms with E-state index in [2.05, 4.69) is 56.3 Å². The monoisotopic (exact) mass is 347 g/mol. The molecule has 3 aromatic rings. The van der Waals surface area contributed by atoms with Crippen molar-refractivity contribution in [3.63, 3.8) is 0 Å². The van der Waals surface area contributed by atoms with Gasteiger partial charge in [0.05, 0.1) is 0 Å². The first kappa shape index (κ1) is 16.0. The molecule has 0 spiro atoms. The quantitative estimate of drug-likeness (QED) is 0.729. The SMILES string of the molecule is c1ccc2c(c1)CC(N1CCCN(Cc3ccn4ncnc4c3)CC1)C2. The highest BCUT2D eigenvalue weighted by atomic mass is 15.3. The van der Waals surface area contributed by atoms with Crippen molar-refractivity contribution in [3.05, 3.63) is 65.6 Å². The van der Waals surface area contributed by atoms with Crippen LogP contribution < -0.4 is 0 Å². The molecule has 26 heavy (non-hydrogen) atoms. The normalized spacial score (nSPS) is 19.7. The average molecular weight is 347 g/mol. The number of rotatable bonds is 3. The fraction of sp³-hybridized carbons (Fsp3) is 0.429. The van der Waals surface area contributed by atoms with Crippen LogP contribution in [-0.4, -0.2) is 56.6 Å². The molecule has 1 saturated heterocycles. The van der Waals surface area contributed by atoms with Gasteiger partial charge in [-0.1, -0.05) is 24.3 Å². The molecular formula is C21H25N5. The van der Waals surface area contributed by atoms with Crippen LogP contribution in [0.5, 0.6) is 0 Å². The Morgan fingerprint density at radius 2 is 1.81 bits per heavy atom. The van der Waals surface area contributed by atoms with Crippen molar-refractivity contribution < 1.29 is 0 Å². The minimum atomic E-state index is 0.694.